The number of ether oxygens (including phenoxy) is 5. The Kier molecular flexibility index (Phi) is 6.15. The maximum Gasteiger partial charge on any atom is 0.509 e. The normalized spacial score (nSPS) is 28.1. The van der Waals surface area contributed by atoms with Gasteiger partial charge in [-0.3, -0.25) is 0 Å². The van der Waals surface area contributed by atoms with Gasteiger partial charge in [0, 0.05) is 14.1 Å². The number of hydrogen-bond donors (Lipinski definition) is 0. The van der Waals surface area contributed by atoms with E-state index in [1.165, 1.54) is 10.8 Å². The van der Waals surface area contributed by atoms with Crippen LogP contribution in [0.2, 0.25) is 0 Å². The molecule has 4 rings (SSSR count). The average molecular weight is 479 g/mol. The van der Waals surface area contributed by atoms with Crippen LogP contribution < -0.4 is 0 Å². The van der Waals surface area contributed by atoms with Crippen LogP contribution in [0.1, 0.15) is 19.5 Å². The molecule has 4 atom stereocenters. The van der Waals surface area contributed by atoms with Crippen molar-refractivity contribution in [2.75, 3.05) is 26.8 Å². The molecule has 33 heavy (non-hydrogen) atoms. The van der Waals surface area contributed by atoms with Crippen molar-refractivity contribution >= 4 is 35.4 Å². The molecule has 13 heteroatoms. The summed E-state index contributed by atoms with van der Waals surface area (Å²) in [4.78, 5) is 22.0. The zero-order valence-electron chi connectivity index (χ0n) is 18.5. The van der Waals surface area contributed by atoms with E-state index >= 15 is 0 Å². The molecule has 2 saturated heterocycles. The molecule has 0 radical (unpaired) electrons. The number of nitriles is 1. The minimum atomic E-state index is -1.61. The third-order valence-corrected chi connectivity index (χ3v) is 5.27. The van der Waals surface area contributed by atoms with E-state index in [9.17, 15) is 10.1 Å². The minimum absolute atomic E-state index is 0.226. The predicted octanol–water partition coefficient (Wildman–Crippen LogP) is 1.94. The molecule has 0 aromatic carbocycles. The first-order valence-electron chi connectivity index (χ1n) is 10.0. The monoisotopic (exact) mass is 478 g/mol. The van der Waals surface area contributed by atoms with Crippen LogP contribution in [0.25, 0.3) is 5.52 Å². The van der Waals surface area contributed by atoms with E-state index < -0.39 is 35.9 Å². The maximum atomic E-state index is 11.6. The van der Waals surface area contributed by atoms with Crippen LogP contribution >= 0.6 is 11.6 Å². The van der Waals surface area contributed by atoms with Gasteiger partial charge in [0.05, 0.1) is 12.0 Å². The lowest BCUT2D eigenvalue weighted by Crippen LogP contribution is -2.40. The van der Waals surface area contributed by atoms with Gasteiger partial charge in [0.25, 0.3) is 0 Å². The van der Waals surface area contributed by atoms with Crippen LogP contribution in [0.4, 0.5) is 10.6 Å². The zero-order valence-corrected chi connectivity index (χ0v) is 19.2. The van der Waals surface area contributed by atoms with Gasteiger partial charge >= 0.3 is 6.16 Å². The Morgan fingerprint density at radius 1 is 1.36 bits per heavy atom. The second-order valence-corrected chi connectivity index (χ2v) is 8.36. The highest BCUT2D eigenvalue weighted by Crippen LogP contribution is 2.49. The van der Waals surface area contributed by atoms with Crippen molar-refractivity contribution in [3.63, 3.8) is 0 Å². The van der Waals surface area contributed by atoms with Crippen LogP contribution in [0, 0.1) is 11.3 Å². The number of nitrogens with zero attached hydrogens (tertiary/aromatic N) is 6. The van der Waals surface area contributed by atoms with Gasteiger partial charge in [-0.25, -0.2) is 19.3 Å². The summed E-state index contributed by atoms with van der Waals surface area (Å²) < 4.78 is 29.5. The van der Waals surface area contributed by atoms with Gasteiger partial charge in [-0.2, -0.15) is 10.4 Å². The van der Waals surface area contributed by atoms with Gasteiger partial charge in [0.2, 0.25) is 5.60 Å². The Hall–Kier alpha value is -2.98. The second kappa shape index (κ2) is 8.75. The highest BCUT2D eigenvalue weighted by Gasteiger charge is 2.65. The number of halogens is 1. The van der Waals surface area contributed by atoms with E-state index in [0.717, 1.165) is 0 Å². The first-order valence-corrected chi connectivity index (χ1v) is 10.6. The summed E-state index contributed by atoms with van der Waals surface area (Å²) in [6.45, 7) is 3.25. The molecule has 2 aromatic heterocycles. The predicted molar refractivity (Wildman–Crippen MR) is 114 cm³/mol. The number of aliphatic imine (C=N–C) groups is 1. The third-order valence-electron chi connectivity index (χ3n) is 5.16. The van der Waals surface area contributed by atoms with Crippen molar-refractivity contribution in [3.8, 4) is 6.07 Å². The summed E-state index contributed by atoms with van der Waals surface area (Å²) in [5, 5.41) is 14.6. The van der Waals surface area contributed by atoms with E-state index in [2.05, 4.69) is 25.9 Å². The Balaban J connectivity index is 1.73. The van der Waals surface area contributed by atoms with Crippen molar-refractivity contribution in [3.05, 3.63) is 24.2 Å². The molecular weight excluding hydrogens is 456 g/mol. The molecule has 0 N–H and O–H groups in total. The average Bonchev–Trinajstić information content (AvgIpc) is 3.41. The largest absolute Gasteiger partial charge is 0.509 e. The van der Waals surface area contributed by atoms with Crippen molar-refractivity contribution in [2.24, 2.45) is 4.99 Å². The molecule has 2 aromatic rings. The lowest BCUT2D eigenvalue weighted by Gasteiger charge is -2.28. The molecule has 4 heterocycles. The molecule has 0 spiro atoms. The van der Waals surface area contributed by atoms with Crippen LogP contribution in [0.3, 0.4) is 0 Å². The van der Waals surface area contributed by atoms with E-state index in [0.29, 0.717) is 17.0 Å². The summed E-state index contributed by atoms with van der Waals surface area (Å²) in [6, 6.07) is 5.35. The first-order chi connectivity index (χ1) is 15.7. The smallest absolute Gasteiger partial charge is 0.431 e. The van der Waals surface area contributed by atoms with Crippen molar-refractivity contribution in [2.45, 2.75) is 43.5 Å². The van der Waals surface area contributed by atoms with Gasteiger partial charge < -0.3 is 28.6 Å². The summed E-state index contributed by atoms with van der Waals surface area (Å²) in [6.07, 6.45) is -0.324. The fourth-order valence-corrected chi connectivity index (χ4v) is 4.03. The molecule has 0 saturated carbocycles. The Labute approximate surface area is 194 Å². The Bertz CT molecular complexity index is 1110. The van der Waals surface area contributed by atoms with E-state index in [-0.39, 0.29) is 12.7 Å². The van der Waals surface area contributed by atoms with E-state index in [1.54, 1.807) is 37.2 Å². The molecule has 2 aliphatic heterocycles. The van der Waals surface area contributed by atoms with Gasteiger partial charge in [-0.1, -0.05) is 11.6 Å². The molecular formula is C20H23ClN6O6. The Morgan fingerprint density at radius 3 is 2.85 bits per heavy atom. The number of fused-ring (bicyclic) bond motifs is 2. The standard InChI is InChI=1S/C20H23ClN6O6/c1-19(2)32-15-13(7-29-18(28)30-9-21)31-20(8-22,16(15)33-19)14-6-5-12-17(24-11-26(3)4)23-10-25-27(12)14/h5-6,10-11,13,15-16H,7,9H2,1-4H3/t13-,15-,16-,20+/m1/s1. The van der Waals surface area contributed by atoms with E-state index in [4.69, 9.17) is 30.5 Å². The highest BCUT2D eigenvalue weighted by molar-refractivity contribution is 6.17. The molecule has 2 aliphatic rings. The van der Waals surface area contributed by atoms with Gasteiger partial charge in [0.15, 0.2) is 17.7 Å². The van der Waals surface area contributed by atoms with Crippen molar-refractivity contribution < 1.29 is 28.5 Å². The van der Waals surface area contributed by atoms with Crippen LogP contribution in [0.15, 0.2) is 23.5 Å². The van der Waals surface area contributed by atoms with Crippen molar-refractivity contribution in [1.82, 2.24) is 19.5 Å². The maximum absolute atomic E-state index is 11.6. The number of carbonyl (C=O) groups excluding carboxylic acids is 1. The summed E-state index contributed by atoms with van der Waals surface area (Å²) >= 11 is 5.39. The number of rotatable bonds is 6. The summed E-state index contributed by atoms with van der Waals surface area (Å²) in [7, 11) is 3.68. The molecule has 12 nitrogen and oxygen atoms in total. The SMILES string of the molecule is CN(C)C=Nc1ncnn2c([C@]3(C#N)O[C@H](COC(=O)OCCl)[C@H]4OC(C)(C)O[C@H]43)ccc12. The lowest BCUT2D eigenvalue weighted by atomic mass is 9.92. The number of alkyl halides is 1. The van der Waals surface area contributed by atoms with Gasteiger partial charge in [-0.05, 0) is 26.0 Å². The van der Waals surface area contributed by atoms with Crippen LogP contribution in [0.5, 0.6) is 0 Å². The van der Waals surface area contributed by atoms with Crippen LogP contribution in [-0.2, 0) is 29.3 Å². The molecule has 0 amide bonds. The molecule has 0 unspecified atom stereocenters. The third kappa shape index (κ3) is 4.20. The lowest BCUT2D eigenvalue weighted by molar-refractivity contribution is -0.205. The fourth-order valence-electron chi connectivity index (χ4n) is 3.94. The number of aromatic nitrogens is 3. The zero-order chi connectivity index (χ0) is 23.8. The first kappa shape index (κ1) is 23.2. The second-order valence-electron chi connectivity index (χ2n) is 8.15. The quantitative estimate of drug-likeness (QED) is 0.262. The number of carbonyl (C=O) groups is 1. The summed E-state index contributed by atoms with van der Waals surface area (Å²) in [5.41, 5.74) is -0.624. The van der Waals surface area contributed by atoms with Gasteiger partial charge in [0.1, 0.15) is 42.8 Å². The Morgan fingerprint density at radius 2 is 2.15 bits per heavy atom. The minimum Gasteiger partial charge on any atom is -0.431 e. The van der Waals surface area contributed by atoms with Gasteiger partial charge in [-0.15, -0.1) is 0 Å². The number of hydrogen-bond acceptors (Lipinski definition) is 10. The fraction of sp³-hybridized carbons (Fsp3) is 0.550. The molecule has 176 valence electrons. The van der Waals surface area contributed by atoms with E-state index in [1.807, 2.05) is 14.1 Å². The molecule has 0 aliphatic carbocycles. The van der Waals surface area contributed by atoms with Crippen LogP contribution in [-0.4, -0.2) is 82.9 Å². The molecule has 2 fully saturated rings. The highest BCUT2D eigenvalue weighted by atomic mass is 35.5. The van der Waals surface area contributed by atoms with Crippen molar-refractivity contribution in [1.29, 1.82) is 5.26 Å². The topological polar surface area (TPSA) is 133 Å². The summed E-state index contributed by atoms with van der Waals surface area (Å²) in [5.74, 6) is -0.570. The molecule has 0 bridgehead atoms.